The SMILES string of the molecule is CCc1ccccc1-c1ccc(C(C)=O)o1. The number of carbonyl (C=O) groups excluding carboxylic acids is 1. The molecule has 0 saturated carbocycles. The van der Waals surface area contributed by atoms with Gasteiger partial charge in [0.2, 0.25) is 0 Å². The fraction of sp³-hybridized carbons (Fsp3) is 0.214. The van der Waals surface area contributed by atoms with E-state index < -0.39 is 0 Å². The van der Waals surface area contributed by atoms with E-state index in [2.05, 4.69) is 13.0 Å². The first-order valence-corrected chi connectivity index (χ1v) is 5.41. The molecule has 2 aromatic rings. The van der Waals surface area contributed by atoms with E-state index >= 15 is 0 Å². The zero-order valence-corrected chi connectivity index (χ0v) is 9.49. The molecular formula is C14H14O2. The summed E-state index contributed by atoms with van der Waals surface area (Å²) in [5.74, 6) is 1.14. The molecule has 82 valence electrons. The lowest BCUT2D eigenvalue weighted by atomic mass is 10.0. The summed E-state index contributed by atoms with van der Waals surface area (Å²) in [5.41, 5.74) is 2.30. The van der Waals surface area contributed by atoms with Gasteiger partial charge in [-0.15, -0.1) is 0 Å². The van der Waals surface area contributed by atoms with Crippen molar-refractivity contribution in [2.45, 2.75) is 20.3 Å². The molecule has 2 rings (SSSR count). The maximum absolute atomic E-state index is 11.2. The third kappa shape index (κ3) is 1.91. The van der Waals surface area contributed by atoms with E-state index in [4.69, 9.17) is 4.42 Å². The van der Waals surface area contributed by atoms with Crippen LogP contribution >= 0.6 is 0 Å². The fourth-order valence-electron chi connectivity index (χ4n) is 1.74. The van der Waals surface area contributed by atoms with E-state index in [9.17, 15) is 4.79 Å². The van der Waals surface area contributed by atoms with Crippen LogP contribution < -0.4 is 0 Å². The van der Waals surface area contributed by atoms with Crippen LogP contribution in [-0.2, 0) is 6.42 Å². The summed E-state index contributed by atoms with van der Waals surface area (Å²) < 4.78 is 5.52. The lowest BCUT2D eigenvalue weighted by molar-refractivity contribution is 0.0988. The van der Waals surface area contributed by atoms with Gasteiger partial charge in [-0.2, -0.15) is 0 Å². The lowest BCUT2D eigenvalue weighted by Crippen LogP contribution is -1.87. The van der Waals surface area contributed by atoms with Gasteiger partial charge in [0.15, 0.2) is 11.5 Å². The number of rotatable bonds is 3. The zero-order valence-electron chi connectivity index (χ0n) is 9.49. The van der Waals surface area contributed by atoms with Gasteiger partial charge in [0, 0.05) is 12.5 Å². The summed E-state index contributed by atoms with van der Waals surface area (Å²) in [4.78, 5) is 11.2. The van der Waals surface area contributed by atoms with Gasteiger partial charge in [-0.1, -0.05) is 31.2 Å². The molecule has 0 radical (unpaired) electrons. The van der Waals surface area contributed by atoms with E-state index in [1.807, 2.05) is 24.3 Å². The number of hydrogen-bond acceptors (Lipinski definition) is 2. The number of ketones is 1. The Hall–Kier alpha value is -1.83. The Morgan fingerprint density at radius 2 is 1.94 bits per heavy atom. The van der Waals surface area contributed by atoms with Crippen LogP contribution in [0.15, 0.2) is 40.8 Å². The van der Waals surface area contributed by atoms with Crippen LogP contribution in [-0.4, -0.2) is 5.78 Å². The Morgan fingerprint density at radius 3 is 2.56 bits per heavy atom. The minimum atomic E-state index is -0.0415. The topological polar surface area (TPSA) is 30.2 Å². The van der Waals surface area contributed by atoms with Gasteiger partial charge in [0.25, 0.3) is 0 Å². The standard InChI is InChI=1S/C14H14O2/c1-3-11-6-4-5-7-12(11)14-9-8-13(16-14)10(2)15/h4-9H,3H2,1-2H3. The minimum absolute atomic E-state index is 0.0415. The Bertz CT molecular complexity index is 509. The van der Waals surface area contributed by atoms with Crippen LogP contribution in [0, 0.1) is 0 Å². The third-order valence-electron chi connectivity index (χ3n) is 2.62. The Kier molecular flexibility index (Phi) is 2.91. The summed E-state index contributed by atoms with van der Waals surface area (Å²) >= 11 is 0. The van der Waals surface area contributed by atoms with Crippen LogP contribution in [0.3, 0.4) is 0 Å². The van der Waals surface area contributed by atoms with Crippen LogP contribution in [0.2, 0.25) is 0 Å². The monoisotopic (exact) mass is 214 g/mol. The molecule has 1 aromatic heterocycles. The average Bonchev–Trinajstić information content (AvgIpc) is 2.78. The largest absolute Gasteiger partial charge is 0.453 e. The molecule has 1 heterocycles. The zero-order chi connectivity index (χ0) is 11.5. The van der Waals surface area contributed by atoms with Crippen molar-refractivity contribution in [1.82, 2.24) is 0 Å². The van der Waals surface area contributed by atoms with Crippen molar-refractivity contribution in [2.24, 2.45) is 0 Å². The first-order valence-electron chi connectivity index (χ1n) is 5.41. The first-order chi connectivity index (χ1) is 7.72. The molecule has 0 atom stereocenters. The summed E-state index contributed by atoms with van der Waals surface area (Å²) in [6.45, 7) is 3.61. The molecule has 16 heavy (non-hydrogen) atoms. The van der Waals surface area contributed by atoms with Crippen molar-refractivity contribution in [3.05, 3.63) is 47.7 Å². The third-order valence-corrected chi connectivity index (χ3v) is 2.62. The molecule has 0 aliphatic carbocycles. The van der Waals surface area contributed by atoms with E-state index in [1.54, 1.807) is 6.07 Å². The normalized spacial score (nSPS) is 10.4. The van der Waals surface area contributed by atoms with E-state index in [1.165, 1.54) is 12.5 Å². The molecule has 2 nitrogen and oxygen atoms in total. The smallest absolute Gasteiger partial charge is 0.194 e. The highest BCUT2D eigenvalue weighted by atomic mass is 16.3. The summed E-state index contributed by atoms with van der Waals surface area (Å²) in [6, 6.07) is 11.7. The second-order valence-corrected chi connectivity index (χ2v) is 3.73. The predicted molar refractivity (Wildman–Crippen MR) is 63.5 cm³/mol. The molecule has 0 unspecified atom stereocenters. The molecule has 0 amide bonds. The lowest BCUT2D eigenvalue weighted by Gasteiger charge is -2.03. The van der Waals surface area contributed by atoms with Crippen LogP contribution in [0.4, 0.5) is 0 Å². The summed E-state index contributed by atoms with van der Waals surface area (Å²) in [7, 11) is 0. The van der Waals surface area contributed by atoms with Gasteiger partial charge in [-0.25, -0.2) is 0 Å². The Morgan fingerprint density at radius 1 is 1.19 bits per heavy atom. The quantitative estimate of drug-likeness (QED) is 0.729. The molecule has 2 heteroatoms. The molecule has 0 fully saturated rings. The predicted octanol–water partition coefficient (Wildman–Crippen LogP) is 3.71. The van der Waals surface area contributed by atoms with Gasteiger partial charge in [0.1, 0.15) is 5.76 Å². The maximum Gasteiger partial charge on any atom is 0.194 e. The molecule has 0 N–H and O–H groups in total. The van der Waals surface area contributed by atoms with Crippen molar-refractivity contribution in [3.63, 3.8) is 0 Å². The second-order valence-electron chi connectivity index (χ2n) is 3.73. The number of carbonyl (C=O) groups is 1. The highest BCUT2D eigenvalue weighted by Crippen LogP contribution is 2.26. The number of Topliss-reactive ketones (excluding diaryl/α,β-unsaturated/α-hetero) is 1. The molecule has 0 saturated heterocycles. The molecular weight excluding hydrogens is 200 g/mol. The van der Waals surface area contributed by atoms with Crippen LogP contribution in [0.25, 0.3) is 11.3 Å². The Balaban J connectivity index is 2.46. The molecule has 1 aromatic carbocycles. The van der Waals surface area contributed by atoms with Gasteiger partial charge >= 0.3 is 0 Å². The van der Waals surface area contributed by atoms with Crippen molar-refractivity contribution < 1.29 is 9.21 Å². The van der Waals surface area contributed by atoms with Crippen molar-refractivity contribution >= 4 is 5.78 Å². The van der Waals surface area contributed by atoms with Gasteiger partial charge < -0.3 is 4.42 Å². The van der Waals surface area contributed by atoms with Crippen molar-refractivity contribution in [1.29, 1.82) is 0 Å². The van der Waals surface area contributed by atoms with Crippen molar-refractivity contribution in [3.8, 4) is 11.3 Å². The van der Waals surface area contributed by atoms with Crippen molar-refractivity contribution in [2.75, 3.05) is 0 Å². The maximum atomic E-state index is 11.2. The van der Waals surface area contributed by atoms with Gasteiger partial charge in [-0.3, -0.25) is 4.79 Å². The minimum Gasteiger partial charge on any atom is -0.453 e. The van der Waals surface area contributed by atoms with Crippen LogP contribution in [0.5, 0.6) is 0 Å². The number of hydrogen-bond donors (Lipinski definition) is 0. The number of benzene rings is 1. The molecule has 0 aliphatic heterocycles. The van der Waals surface area contributed by atoms with Gasteiger partial charge in [-0.05, 0) is 24.1 Å². The van der Waals surface area contributed by atoms with Crippen LogP contribution in [0.1, 0.15) is 30.0 Å². The second kappa shape index (κ2) is 4.35. The molecule has 0 bridgehead atoms. The highest BCUT2D eigenvalue weighted by molar-refractivity contribution is 5.91. The van der Waals surface area contributed by atoms with E-state index in [0.717, 1.165) is 17.7 Å². The number of aryl methyl sites for hydroxylation is 1. The fourth-order valence-corrected chi connectivity index (χ4v) is 1.74. The first kappa shape index (κ1) is 10.7. The molecule has 0 spiro atoms. The van der Waals surface area contributed by atoms with Gasteiger partial charge in [0.05, 0.1) is 0 Å². The summed E-state index contributed by atoms with van der Waals surface area (Å²) in [5, 5.41) is 0. The van der Waals surface area contributed by atoms with E-state index in [-0.39, 0.29) is 5.78 Å². The Labute approximate surface area is 94.9 Å². The number of furan rings is 1. The summed E-state index contributed by atoms with van der Waals surface area (Å²) in [6.07, 6.45) is 0.951. The average molecular weight is 214 g/mol. The highest BCUT2D eigenvalue weighted by Gasteiger charge is 2.10. The van der Waals surface area contributed by atoms with E-state index in [0.29, 0.717) is 5.76 Å². The molecule has 0 aliphatic rings.